The zero-order valence-electron chi connectivity index (χ0n) is 8.46. The highest BCUT2D eigenvalue weighted by Gasteiger charge is 2.13. The van der Waals surface area contributed by atoms with Crippen molar-refractivity contribution in [1.29, 1.82) is 0 Å². The molecular formula is C10H10N4O2. The van der Waals surface area contributed by atoms with E-state index in [2.05, 4.69) is 11.6 Å². The van der Waals surface area contributed by atoms with E-state index in [0.29, 0.717) is 23.3 Å². The molecule has 6 heteroatoms. The lowest BCUT2D eigenvalue weighted by Gasteiger charge is -2.02. The third kappa shape index (κ3) is 1.50. The van der Waals surface area contributed by atoms with E-state index in [1.807, 2.05) is 0 Å². The highest BCUT2D eigenvalue weighted by atomic mass is 16.6. The van der Waals surface area contributed by atoms with E-state index >= 15 is 0 Å². The SMILES string of the molecule is C=CCn1cnc2cc([N+](=O)[O-])cc(N)c21. The molecule has 82 valence electrons. The second-order valence-corrected chi connectivity index (χ2v) is 3.35. The van der Waals surface area contributed by atoms with Crippen LogP contribution in [0.1, 0.15) is 0 Å². The van der Waals surface area contributed by atoms with E-state index in [0.717, 1.165) is 0 Å². The summed E-state index contributed by atoms with van der Waals surface area (Å²) in [6, 6.07) is 2.74. The van der Waals surface area contributed by atoms with E-state index in [1.165, 1.54) is 12.1 Å². The van der Waals surface area contributed by atoms with Gasteiger partial charge in [-0.1, -0.05) is 6.08 Å². The second-order valence-electron chi connectivity index (χ2n) is 3.35. The van der Waals surface area contributed by atoms with Crippen LogP contribution in [0.5, 0.6) is 0 Å². The van der Waals surface area contributed by atoms with Crippen LogP contribution < -0.4 is 5.73 Å². The Hall–Kier alpha value is -2.37. The van der Waals surface area contributed by atoms with Crippen molar-refractivity contribution in [1.82, 2.24) is 9.55 Å². The quantitative estimate of drug-likeness (QED) is 0.367. The van der Waals surface area contributed by atoms with Crippen molar-refractivity contribution in [2.45, 2.75) is 6.54 Å². The zero-order valence-corrected chi connectivity index (χ0v) is 8.46. The molecule has 16 heavy (non-hydrogen) atoms. The molecule has 0 unspecified atom stereocenters. The van der Waals surface area contributed by atoms with Crippen LogP contribution in [0.4, 0.5) is 11.4 Å². The van der Waals surface area contributed by atoms with Gasteiger partial charge in [-0.05, 0) is 0 Å². The number of fused-ring (bicyclic) bond motifs is 1. The maximum absolute atomic E-state index is 10.6. The molecule has 0 fully saturated rings. The highest BCUT2D eigenvalue weighted by Crippen LogP contribution is 2.26. The number of imidazole rings is 1. The molecular weight excluding hydrogens is 208 g/mol. The smallest absolute Gasteiger partial charge is 0.273 e. The van der Waals surface area contributed by atoms with Crippen molar-refractivity contribution in [3.63, 3.8) is 0 Å². The van der Waals surface area contributed by atoms with Crippen LogP contribution in [0.15, 0.2) is 31.1 Å². The fourth-order valence-corrected chi connectivity index (χ4v) is 1.61. The number of allylic oxidation sites excluding steroid dienone is 1. The van der Waals surface area contributed by atoms with Gasteiger partial charge in [0, 0.05) is 18.7 Å². The van der Waals surface area contributed by atoms with Crippen molar-refractivity contribution in [2.24, 2.45) is 0 Å². The summed E-state index contributed by atoms with van der Waals surface area (Å²) in [5, 5.41) is 10.6. The van der Waals surface area contributed by atoms with Gasteiger partial charge >= 0.3 is 0 Å². The predicted octanol–water partition coefficient (Wildman–Crippen LogP) is 1.71. The molecule has 2 rings (SSSR count). The first-order valence-electron chi connectivity index (χ1n) is 4.63. The maximum Gasteiger partial charge on any atom is 0.273 e. The molecule has 0 spiro atoms. The summed E-state index contributed by atoms with van der Waals surface area (Å²) in [6.45, 7) is 4.19. The third-order valence-electron chi connectivity index (χ3n) is 2.26. The molecule has 0 saturated carbocycles. The fourth-order valence-electron chi connectivity index (χ4n) is 1.61. The molecule has 0 radical (unpaired) electrons. The number of aromatic nitrogens is 2. The molecule has 0 aliphatic heterocycles. The van der Waals surface area contributed by atoms with Gasteiger partial charge < -0.3 is 10.3 Å². The van der Waals surface area contributed by atoms with Gasteiger partial charge in [0.1, 0.15) is 0 Å². The minimum absolute atomic E-state index is 0.0474. The fraction of sp³-hybridized carbons (Fsp3) is 0.100. The van der Waals surface area contributed by atoms with Gasteiger partial charge in [0.25, 0.3) is 5.69 Å². The van der Waals surface area contributed by atoms with E-state index in [4.69, 9.17) is 5.73 Å². The largest absolute Gasteiger partial charge is 0.397 e. The number of anilines is 1. The Labute approximate surface area is 91.1 Å². The molecule has 2 aromatic rings. The van der Waals surface area contributed by atoms with Crippen molar-refractivity contribution in [3.8, 4) is 0 Å². The normalized spacial score (nSPS) is 10.5. The average molecular weight is 218 g/mol. The number of nitro groups is 1. The molecule has 0 atom stereocenters. The standard InChI is InChI=1S/C10H10N4O2/c1-2-3-13-6-12-9-5-7(14(15)16)4-8(11)10(9)13/h2,4-6H,1,3,11H2. The lowest BCUT2D eigenvalue weighted by atomic mass is 10.2. The predicted molar refractivity (Wildman–Crippen MR) is 61.0 cm³/mol. The molecule has 2 N–H and O–H groups in total. The molecule has 1 aromatic heterocycles. The first-order chi connectivity index (χ1) is 7.63. The number of rotatable bonds is 3. The van der Waals surface area contributed by atoms with E-state index in [-0.39, 0.29) is 5.69 Å². The van der Waals surface area contributed by atoms with E-state index in [9.17, 15) is 10.1 Å². The average Bonchev–Trinajstić information content (AvgIpc) is 2.62. The van der Waals surface area contributed by atoms with Crippen LogP contribution >= 0.6 is 0 Å². The molecule has 0 aliphatic rings. The second kappa shape index (κ2) is 3.65. The van der Waals surface area contributed by atoms with Crippen LogP contribution in [-0.4, -0.2) is 14.5 Å². The molecule has 1 aromatic carbocycles. The van der Waals surface area contributed by atoms with E-state index < -0.39 is 4.92 Å². The summed E-state index contributed by atoms with van der Waals surface area (Å²) in [7, 11) is 0. The number of non-ortho nitro benzene ring substituents is 1. The number of benzene rings is 1. The summed E-state index contributed by atoms with van der Waals surface area (Å²) in [6.07, 6.45) is 3.30. The van der Waals surface area contributed by atoms with Gasteiger partial charge in [0.15, 0.2) is 0 Å². The topological polar surface area (TPSA) is 87.0 Å². The summed E-state index contributed by atoms with van der Waals surface area (Å²) in [5.74, 6) is 0. The minimum atomic E-state index is -0.484. The van der Waals surface area contributed by atoms with Gasteiger partial charge in [-0.15, -0.1) is 6.58 Å². The molecule has 0 bridgehead atoms. The molecule has 0 amide bonds. The number of nitro benzene ring substituents is 1. The zero-order chi connectivity index (χ0) is 11.7. The number of nitrogens with two attached hydrogens (primary N) is 1. The number of hydrogen-bond acceptors (Lipinski definition) is 4. The number of nitrogens with zero attached hydrogens (tertiary/aromatic N) is 3. The first kappa shape index (κ1) is 10.2. The summed E-state index contributed by atoms with van der Waals surface area (Å²) < 4.78 is 1.79. The minimum Gasteiger partial charge on any atom is -0.397 e. The van der Waals surface area contributed by atoms with Gasteiger partial charge in [-0.25, -0.2) is 4.98 Å². The number of hydrogen-bond donors (Lipinski definition) is 1. The Morgan fingerprint density at radius 1 is 1.62 bits per heavy atom. The Balaban J connectivity index is 2.68. The Bertz CT molecular complexity index is 573. The lowest BCUT2D eigenvalue weighted by Crippen LogP contribution is -1.98. The molecule has 1 heterocycles. The Morgan fingerprint density at radius 2 is 2.38 bits per heavy atom. The molecule has 0 aliphatic carbocycles. The monoisotopic (exact) mass is 218 g/mol. The summed E-state index contributed by atoms with van der Waals surface area (Å²) in [4.78, 5) is 14.2. The third-order valence-corrected chi connectivity index (χ3v) is 2.26. The van der Waals surface area contributed by atoms with Crippen LogP contribution in [0.3, 0.4) is 0 Å². The maximum atomic E-state index is 10.6. The van der Waals surface area contributed by atoms with Gasteiger partial charge in [-0.3, -0.25) is 10.1 Å². The Kier molecular flexibility index (Phi) is 2.32. The summed E-state index contributed by atoms with van der Waals surface area (Å²) in [5.41, 5.74) is 7.30. The van der Waals surface area contributed by atoms with Crippen molar-refractivity contribution < 1.29 is 4.92 Å². The van der Waals surface area contributed by atoms with Crippen LogP contribution in [-0.2, 0) is 6.54 Å². The summed E-state index contributed by atoms with van der Waals surface area (Å²) >= 11 is 0. The van der Waals surface area contributed by atoms with E-state index in [1.54, 1.807) is 17.0 Å². The van der Waals surface area contributed by atoms with Crippen LogP contribution in [0.25, 0.3) is 11.0 Å². The van der Waals surface area contributed by atoms with Crippen molar-refractivity contribution >= 4 is 22.4 Å². The van der Waals surface area contributed by atoms with Crippen molar-refractivity contribution in [3.05, 3.63) is 41.2 Å². The van der Waals surface area contributed by atoms with Crippen LogP contribution in [0, 0.1) is 10.1 Å². The first-order valence-corrected chi connectivity index (χ1v) is 4.63. The van der Waals surface area contributed by atoms with Gasteiger partial charge in [-0.2, -0.15) is 0 Å². The molecule has 0 saturated heterocycles. The van der Waals surface area contributed by atoms with Gasteiger partial charge in [0.05, 0.1) is 28.0 Å². The van der Waals surface area contributed by atoms with Crippen LogP contribution in [0.2, 0.25) is 0 Å². The molecule has 6 nitrogen and oxygen atoms in total. The highest BCUT2D eigenvalue weighted by molar-refractivity contribution is 5.89. The lowest BCUT2D eigenvalue weighted by molar-refractivity contribution is -0.384. The Morgan fingerprint density at radius 3 is 3.00 bits per heavy atom. The number of nitrogen functional groups attached to an aromatic ring is 1. The van der Waals surface area contributed by atoms with Gasteiger partial charge in [0.2, 0.25) is 0 Å². The van der Waals surface area contributed by atoms with Crippen molar-refractivity contribution in [2.75, 3.05) is 5.73 Å².